The third-order valence-corrected chi connectivity index (χ3v) is 8.48. The van der Waals surface area contributed by atoms with E-state index in [4.69, 9.17) is 25.1 Å². The van der Waals surface area contributed by atoms with Gasteiger partial charge in [-0.1, -0.05) is 63.5 Å². The Labute approximate surface area is 279 Å². The molecule has 0 aliphatic carbocycles. The first-order valence-corrected chi connectivity index (χ1v) is 15.8. The highest BCUT2D eigenvalue weighted by molar-refractivity contribution is 9.10. The van der Waals surface area contributed by atoms with Crippen LogP contribution >= 0.6 is 15.9 Å². The van der Waals surface area contributed by atoms with Crippen molar-refractivity contribution >= 4 is 27.7 Å². The van der Waals surface area contributed by atoms with Gasteiger partial charge < -0.3 is 19.9 Å². The van der Waals surface area contributed by atoms with E-state index in [2.05, 4.69) is 31.3 Å². The van der Waals surface area contributed by atoms with Crippen molar-refractivity contribution in [1.82, 2.24) is 5.32 Å². The molecule has 242 valence electrons. The summed E-state index contributed by atoms with van der Waals surface area (Å²) in [4.78, 5) is 22.5. The molecular formula is C35H32BrF2N5O4. The second-order valence-electron chi connectivity index (χ2n) is 10.9. The molecule has 5 rings (SSSR count). The molecule has 4 aromatic carbocycles. The number of hydrogen-bond acceptors (Lipinski definition) is 6. The first-order chi connectivity index (χ1) is 22.8. The fourth-order valence-electron chi connectivity index (χ4n) is 5.46. The minimum atomic E-state index is -1.55. The number of halogens is 3. The zero-order chi connectivity index (χ0) is 33.2. The second kappa shape index (κ2) is 15.7. The van der Waals surface area contributed by atoms with Crippen LogP contribution in [0, 0.1) is 11.6 Å². The summed E-state index contributed by atoms with van der Waals surface area (Å²) < 4.78 is 40.8. The number of aliphatic hydroxyl groups excluding tert-OH is 1. The van der Waals surface area contributed by atoms with Crippen LogP contribution in [0.1, 0.15) is 40.3 Å². The molecule has 1 amide bonds. The summed E-state index contributed by atoms with van der Waals surface area (Å²) in [6.45, 7) is 0.484. The molecule has 12 heteroatoms. The van der Waals surface area contributed by atoms with Gasteiger partial charge in [-0.05, 0) is 76.7 Å². The van der Waals surface area contributed by atoms with Crippen molar-refractivity contribution in [2.45, 2.75) is 37.5 Å². The number of aliphatic hydroxyl groups is 1. The van der Waals surface area contributed by atoms with Gasteiger partial charge in [-0.15, -0.1) is 0 Å². The minimum absolute atomic E-state index is 0.0199. The van der Waals surface area contributed by atoms with Crippen LogP contribution in [0.25, 0.3) is 10.4 Å². The summed E-state index contributed by atoms with van der Waals surface area (Å²) in [5, 5.41) is 15.8. The molecule has 1 aliphatic rings. The highest BCUT2D eigenvalue weighted by Crippen LogP contribution is 2.44. The smallest absolute Gasteiger partial charge is 0.252 e. The molecule has 47 heavy (non-hydrogen) atoms. The molecule has 0 unspecified atom stereocenters. The van der Waals surface area contributed by atoms with E-state index in [0.717, 1.165) is 16.1 Å². The Kier molecular flexibility index (Phi) is 11.2. The van der Waals surface area contributed by atoms with E-state index in [9.17, 15) is 13.6 Å². The van der Waals surface area contributed by atoms with E-state index in [1.807, 2.05) is 48.5 Å². The lowest BCUT2D eigenvalue weighted by molar-refractivity contribution is -0.128. The zero-order valence-electron chi connectivity index (χ0n) is 25.3. The van der Waals surface area contributed by atoms with Gasteiger partial charge in [-0.3, -0.25) is 4.79 Å². The number of amides is 1. The van der Waals surface area contributed by atoms with Crippen molar-refractivity contribution in [2.75, 3.05) is 19.8 Å². The molecule has 0 bridgehead atoms. The summed E-state index contributed by atoms with van der Waals surface area (Å²) in [6.07, 6.45) is -0.142. The Bertz CT molecular complexity index is 1780. The predicted octanol–water partition coefficient (Wildman–Crippen LogP) is 7.16. The lowest BCUT2D eigenvalue weighted by Crippen LogP contribution is -2.50. The number of nitrogens with zero attached hydrogens (tertiary/aromatic N) is 4. The van der Waals surface area contributed by atoms with E-state index in [1.165, 1.54) is 12.1 Å². The molecule has 0 spiro atoms. The molecular weight excluding hydrogens is 672 g/mol. The average Bonchev–Trinajstić information content (AvgIpc) is 3.45. The number of benzene rings is 4. The van der Waals surface area contributed by atoms with Crippen LogP contribution < -0.4 is 10.1 Å². The Hall–Kier alpha value is -4.77. The van der Waals surface area contributed by atoms with Crippen LogP contribution in [-0.2, 0) is 28.9 Å². The third kappa shape index (κ3) is 8.15. The molecule has 0 radical (unpaired) electrons. The van der Waals surface area contributed by atoms with Crippen molar-refractivity contribution in [3.8, 4) is 5.75 Å². The fourth-order valence-corrected chi connectivity index (χ4v) is 5.89. The van der Waals surface area contributed by atoms with Crippen LogP contribution in [0.15, 0.2) is 106 Å². The number of rotatable bonds is 14. The molecule has 0 aromatic heterocycles. The topological polar surface area (TPSA) is 129 Å². The maximum absolute atomic E-state index is 14.5. The Balaban J connectivity index is 1.57. The van der Waals surface area contributed by atoms with Gasteiger partial charge in [-0.2, -0.15) is 0 Å². The average molecular weight is 705 g/mol. The fraction of sp³-hybridized carbons (Fsp3) is 0.257. The number of azide groups is 1. The van der Waals surface area contributed by atoms with Gasteiger partial charge in [0, 0.05) is 47.0 Å². The summed E-state index contributed by atoms with van der Waals surface area (Å²) >= 11 is 3.62. The SMILES string of the molecule is [N-]=[N+]=NCc1ccccc1[C@H]1OC(c2ccc(OCCCO)cc2)=N[C@@]1(Cc1ccccc1Br)C(=O)NCCc1cc(F)cc(F)c1. The van der Waals surface area contributed by atoms with E-state index in [0.29, 0.717) is 41.0 Å². The van der Waals surface area contributed by atoms with Crippen LogP contribution in [0.5, 0.6) is 5.75 Å². The van der Waals surface area contributed by atoms with Gasteiger partial charge in [0.1, 0.15) is 17.4 Å². The first kappa shape index (κ1) is 33.6. The molecule has 1 heterocycles. The maximum atomic E-state index is 14.5. The van der Waals surface area contributed by atoms with Crippen molar-refractivity contribution in [1.29, 1.82) is 0 Å². The number of aliphatic imine (C=N–C) groups is 1. The molecule has 0 saturated carbocycles. The van der Waals surface area contributed by atoms with Gasteiger partial charge in [0.2, 0.25) is 5.90 Å². The van der Waals surface area contributed by atoms with Crippen molar-refractivity contribution in [2.24, 2.45) is 10.1 Å². The van der Waals surface area contributed by atoms with Gasteiger partial charge in [0.25, 0.3) is 5.91 Å². The number of ether oxygens (including phenoxy) is 2. The van der Waals surface area contributed by atoms with Gasteiger partial charge >= 0.3 is 0 Å². The first-order valence-electron chi connectivity index (χ1n) is 15.0. The Morgan fingerprint density at radius 3 is 2.45 bits per heavy atom. The number of carbonyl (C=O) groups excluding carboxylic acids is 1. The van der Waals surface area contributed by atoms with E-state index in [1.54, 1.807) is 24.3 Å². The monoisotopic (exact) mass is 703 g/mol. The molecule has 1 aliphatic heterocycles. The normalized spacial score (nSPS) is 16.9. The molecule has 2 N–H and O–H groups in total. The van der Waals surface area contributed by atoms with Crippen molar-refractivity contribution in [3.05, 3.63) is 145 Å². The number of carbonyl (C=O) groups is 1. The van der Waals surface area contributed by atoms with Crippen LogP contribution in [0.3, 0.4) is 0 Å². The summed E-state index contributed by atoms with van der Waals surface area (Å²) in [6, 6.07) is 25.1. The van der Waals surface area contributed by atoms with Crippen molar-refractivity contribution in [3.63, 3.8) is 0 Å². The maximum Gasteiger partial charge on any atom is 0.252 e. The predicted molar refractivity (Wildman–Crippen MR) is 177 cm³/mol. The van der Waals surface area contributed by atoms with Crippen LogP contribution in [0.4, 0.5) is 8.78 Å². The highest BCUT2D eigenvalue weighted by atomic mass is 79.9. The largest absolute Gasteiger partial charge is 0.494 e. The van der Waals surface area contributed by atoms with Gasteiger partial charge in [0.15, 0.2) is 11.6 Å². The number of hydrogen-bond donors (Lipinski definition) is 2. The van der Waals surface area contributed by atoms with E-state index >= 15 is 0 Å². The van der Waals surface area contributed by atoms with E-state index < -0.39 is 29.2 Å². The summed E-state index contributed by atoms with van der Waals surface area (Å²) in [5.74, 6) is -1.02. The summed E-state index contributed by atoms with van der Waals surface area (Å²) in [5.41, 5.74) is 10.6. The molecule has 4 aromatic rings. The minimum Gasteiger partial charge on any atom is -0.494 e. The standard InChI is InChI=1S/C35H32BrF2N5O4/c36-31-9-4-2-6-25(31)21-35(34(45)40-15-14-23-18-27(37)20-28(38)19-23)32(30-8-3-1-7-26(30)22-41-43-39)47-33(42-35)24-10-12-29(13-11-24)46-17-5-16-44/h1-4,6-13,18-20,32,44H,5,14-17,21-22H2,(H,40,45)/t32-,35-/m1/s1. The number of nitrogens with one attached hydrogen (secondary N) is 1. The molecule has 9 nitrogen and oxygen atoms in total. The van der Waals surface area contributed by atoms with Crippen molar-refractivity contribution < 1.29 is 28.2 Å². The van der Waals surface area contributed by atoms with Crippen LogP contribution in [0.2, 0.25) is 0 Å². The molecule has 0 saturated heterocycles. The third-order valence-electron chi connectivity index (χ3n) is 7.71. The quantitative estimate of drug-likeness (QED) is 0.0625. The zero-order valence-corrected chi connectivity index (χ0v) is 26.9. The lowest BCUT2D eigenvalue weighted by Gasteiger charge is -2.32. The molecule has 0 fully saturated rings. The van der Waals surface area contributed by atoms with Gasteiger partial charge in [-0.25, -0.2) is 13.8 Å². The second-order valence-corrected chi connectivity index (χ2v) is 11.8. The molecule has 2 atom stereocenters. The van der Waals surface area contributed by atoms with Crippen LogP contribution in [-0.4, -0.2) is 42.2 Å². The lowest BCUT2D eigenvalue weighted by atomic mass is 9.80. The Morgan fingerprint density at radius 2 is 1.74 bits per heavy atom. The Morgan fingerprint density at radius 1 is 1.04 bits per heavy atom. The van der Waals surface area contributed by atoms with E-state index in [-0.39, 0.29) is 38.4 Å². The summed E-state index contributed by atoms with van der Waals surface area (Å²) in [7, 11) is 0. The van der Waals surface area contributed by atoms with Gasteiger partial charge in [0.05, 0.1) is 13.2 Å². The highest BCUT2D eigenvalue weighted by Gasteiger charge is 2.54.